The number of halogens is 1. The summed E-state index contributed by atoms with van der Waals surface area (Å²) in [7, 11) is 0. The number of nitrogens with zero attached hydrogens (tertiary/aromatic N) is 1. The van der Waals surface area contributed by atoms with Crippen LogP contribution in [0.4, 0.5) is 15.8 Å². The van der Waals surface area contributed by atoms with E-state index in [1.807, 2.05) is 20.8 Å². The predicted molar refractivity (Wildman–Crippen MR) is 77.2 cm³/mol. The minimum absolute atomic E-state index is 0.0999. The second-order valence-corrected chi connectivity index (χ2v) is 4.91. The first kappa shape index (κ1) is 14.2. The second-order valence-electron chi connectivity index (χ2n) is 4.91. The van der Waals surface area contributed by atoms with Gasteiger partial charge in [-0.2, -0.15) is 5.10 Å². The van der Waals surface area contributed by atoms with Gasteiger partial charge in [-0.15, -0.1) is 0 Å². The van der Waals surface area contributed by atoms with E-state index in [9.17, 15) is 4.39 Å². The Morgan fingerprint density at radius 2 is 2.20 bits per heavy atom. The molecular formula is C14H19FN4O. The molecule has 5 nitrogen and oxygen atoms in total. The normalized spacial score (nSPS) is 10.8. The van der Waals surface area contributed by atoms with E-state index in [0.717, 1.165) is 11.3 Å². The number of anilines is 2. The molecule has 1 aromatic heterocycles. The van der Waals surface area contributed by atoms with Gasteiger partial charge in [0.15, 0.2) is 11.6 Å². The Kier molecular flexibility index (Phi) is 4.12. The Bertz CT molecular complexity index is 595. The van der Waals surface area contributed by atoms with Crippen LogP contribution in [-0.4, -0.2) is 16.3 Å². The van der Waals surface area contributed by atoms with E-state index in [0.29, 0.717) is 17.9 Å². The first-order valence-electron chi connectivity index (χ1n) is 6.45. The lowest BCUT2D eigenvalue weighted by Crippen LogP contribution is -2.09. The molecule has 0 atom stereocenters. The number of aromatic amines is 1. The zero-order valence-corrected chi connectivity index (χ0v) is 11.8. The highest BCUT2D eigenvalue weighted by atomic mass is 19.1. The van der Waals surface area contributed by atoms with Crippen molar-refractivity contribution >= 4 is 11.4 Å². The lowest BCUT2D eigenvalue weighted by Gasteiger charge is -2.15. The maximum atomic E-state index is 13.7. The average molecular weight is 278 g/mol. The fraction of sp³-hybridized carbons (Fsp3) is 0.357. The Morgan fingerprint density at radius 1 is 1.45 bits per heavy atom. The second kappa shape index (κ2) is 5.81. The largest absolute Gasteiger partial charge is 0.488 e. The summed E-state index contributed by atoms with van der Waals surface area (Å²) < 4.78 is 19.1. The Balaban J connectivity index is 2.16. The molecule has 108 valence electrons. The molecule has 0 aliphatic heterocycles. The van der Waals surface area contributed by atoms with Crippen molar-refractivity contribution in [3.63, 3.8) is 0 Å². The number of nitrogens with one attached hydrogen (secondary N) is 2. The van der Waals surface area contributed by atoms with E-state index in [1.165, 1.54) is 6.07 Å². The molecule has 0 spiro atoms. The third kappa shape index (κ3) is 3.20. The molecule has 0 unspecified atom stereocenters. The number of nitrogens with two attached hydrogens (primary N) is 1. The van der Waals surface area contributed by atoms with Crippen LogP contribution in [0.25, 0.3) is 0 Å². The van der Waals surface area contributed by atoms with Crippen LogP contribution in [0.5, 0.6) is 5.75 Å². The Hall–Kier alpha value is -2.24. The number of H-pyrrole nitrogens is 1. The Labute approximate surface area is 117 Å². The summed E-state index contributed by atoms with van der Waals surface area (Å²) in [4.78, 5) is 0. The van der Waals surface area contributed by atoms with Crippen LogP contribution >= 0.6 is 0 Å². The van der Waals surface area contributed by atoms with Gasteiger partial charge in [-0.25, -0.2) is 4.39 Å². The molecule has 4 N–H and O–H groups in total. The fourth-order valence-electron chi connectivity index (χ4n) is 1.81. The van der Waals surface area contributed by atoms with Gasteiger partial charge in [-0.05, 0) is 20.8 Å². The summed E-state index contributed by atoms with van der Waals surface area (Å²) in [5.41, 5.74) is 8.82. The third-order valence-electron chi connectivity index (χ3n) is 2.87. The minimum Gasteiger partial charge on any atom is -0.488 e. The van der Waals surface area contributed by atoms with Crippen molar-refractivity contribution in [2.45, 2.75) is 33.4 Å². The van der Waals surface area contributed by atoms with E-state index in [2.05, 4.69) is 15.5 Å². The van der Waals surface area contributed by atoms with E-state index >= 15 is 0 Å². The van der Waals surface area contributed by atoms with Crippen molar-refractivity contribution in [3.8, 4) is 5.75 Å². The van der Waals surface area contributed by atoms with Crippen LogP contribution < -0.4 is 15.8 Å². The number of hydrogen-bond donors (Lipinski definition) is 3. The first-order chi connectivity index (χ1) is 9.47. The monoisotopic (exact) mass is 278 g/mol. The van der Waals surface area contributed by atoms with Gasteiger partial charge in [0.25, 0.3) is 0 Å². The molecule has 1 heterocycles. The molecule has 20 heavy (non-hydrogen) atoms. The quantitative estimate of drug-likeness (QED) is 0.735. The van der Waals surface area contributed by atoms with Crippen molar-refractivity contribution in [1.82, 2.24) is 10.2 Å². The first-order valence-corrected chi connectivity index (χ1v) is 6.45. The molecule has 0 aliphatic rings. The van der Waals surface area contributed by atoms with Crippen molar-refractivity contribution in [3.05, 3.63) is 35.4 Å². The number of nitrogen functional groups attached to an aromatic ring is 1. The van der Waals surface area contributed by atoms with Gasteiger partial charge >= 0.3 is 0 Å². The van der Waals surface area contributed by atoms with Gasteiger partial charge in [0.1, 0.15) is 0 Å². The van der Waals surface area contributed by atoms with Crippen LogP contribution in [-0.2, 0) is 6.54 Å². The number of rotatable bonds is 5. The molecule has 6 heteroatoms. The van der Waals surface area contributed by atoms with Crippen LogP contribution in [0.3, 0.4) is 0 Å². The van der Waals surface area contributed by atoms with Gasteiger partial charge in [-0.1, -0.05) is 0 Å². The van der Waals surface area contributed by atoms with Gasteiger partial charge < -0.3 is 15.8 Å². The molecule has 0 radical (unpaired) electrons. The fourth-order valence-corrected chi connectivity index (χ4v) is 1.81. The Morgan fingerprint density at radius 3 is 2.80 bits per heavy atom. The van der Waals surface area contributed by atoms with Gasteiger partial charge in [-0.3, -0.25) is 5.10 Å². The SMILES string of the molecule is Cc1[nH]ncc1CNc1cc(OC(C)C)c(F)cc1N. The number of ether oxygens (including phenoxy) is 1. The highest BCUT2D eigenvalue weighted by molar-refractivity contribution is 5.68. The zero-order valence-electron chi connectivity index (χ0n) is 11.8. The smallest absolute Gasteiger partial charge is 0.167 e. The number of aryl methyl sites for hydroxylation is 1. The molecule has 0 saturated carbocycles. The van der Waals surface area contributed by atoms with Gasteiger partial charge in [0.05, 0.1) is 23.7 Å². The van der Waals surface area contributed by atoms with Crippen LogP contribution in [0.2, 0.25) is 0 Å². The van der Waals surface area contributed by atoms with E-state index in [4.69, 9.17) is 10.5 Å². The van der Waals surface area contributed by atoms with Crippen LogP contribution in [0.1, 0.15) is 25.1 Å². The molecule has 2 aromatic rings. The molecule has 0 saturated heterocycles. The molecule has 0 amide bonds. The van der Waals surface area contributed by atoms with Gasteiger partial charge in [0, 0.05) is 29.9 Å². The average Bonchev–Trinajstić information content (AvgIpc) is 2.76. The summed E-state index contributed by atoms with van der Waals surface area (Å²) in [6.07, 6.45) is 1.64. The maximum absolute atomic E-state index is 13.7. The molecular weight excluding hydrogens is 259 g/mol. The predicted octanol–water partition coefficient (Wildman–Crippen LogP) is 2.84. The van der Waals surface area contributed by atoms with Crippen molar-refractivity contribution in [2.75, 3.05) is 11.1 Å². The molecule has 0 aliphatic carbocycles. The number of benzene rings is 1. The van der Waals surface area contributed by atoms with E-state index in [1.54, 1.807) is 12.3 Å². The summed E-state index contributed by atoms with van der Waals surface area (Å²) in [6, 6.07) is 2.85. The van der Waals surface area contributed by atoms with Crippen LogP contribution in [0.15, 0.2) is 18.3 Å². The topological polar surface area (TPSA) is 76.0 Å². The molecule has 0 fully saturated rings. The highest BCUT2D eigenvalue weighted by Gasteiger charge is 2.11. The number of aromatic nitrogens is 2. The highest BCUT2D eigenvalue weighted by Crippen LogP contribution is 2.29. The summed E-state index contributed by atoms with van der Waals surface area (Å²) >= 11 is 0. The van der Waals surface area contributed by atoms with E-state index in [-0.39, 0.29) is 11.9 Å². The number of hydrogen-bond acceptors (Lipinski definition) is 4. The van der Waals surface area contributed by atoms with Crippen molar-refractivity contribution in [2.24, 2.45) is 0 Å². The maximum Gasteiger partial charge on any atom is 0.167 e. The van der Waals surface area contributed by atoms with Crippen LogP contribution in [0, 0.1) is 12.7 Å². The van der Waals surface area contributed by atoms with Crippen molar-refractivity contribution < 1.29 is 9.13 Å². The summed E-state index contributed by atoms with van der Waals surface area (Å²) in [6.45, 7) is 6.18. The molecule has 0 bridgehead atoms. The lowest BCUT2D eigenvalue weighted by molar-refractivity contribution is 0.231. The third-order valence-corrected chi connectivity index (χ3v) is 2.87. The summed E-state index contributed by atoms with van der Waals surface area (Å²) in [5.74, 6) is -0.262. The molecule has 2 rings (SSSR count). The lowest BCUT2D eigenvalue weighted by atomic mass is 10.2. The standard InChI is InChI=1S/C14H19FN4O/c1-8(2)20-14-5-13(12(16)4-11(14)15)17-6-10-7-18-19-9(10)3/h4-5,7-8,17H,6,16H2,1-3H3,(H,18,19). The molecule has 1 aromatic carbocycles. The summed E-state index contributed by atoms with van der Waals surface area (Å²) in [5, 5.41) is 9.97. The zero-order chi connectivity index (χ0) is 14.7. The van der Waals surface area contributed by atoms with E-state index < -0.39 is 5.82 Å². The minimum atomic E-state index is -0.457. The van der Waals surface area contributed by atoms with Gasteiger partial charge in [0.2, 0.25) is 0 Å². The van der Waals surface area contributed by atoms with Crippen molar-refractivity contribution in [1.29, 1.82) is 0 Å².